The molecule has 2 aromatic rings. The van der Waals surface area contributed by atoms with Gasteiger partial charge in [0.05, 0.1) is 12.7 Å². The van der Waals surface area contributed by atoms with Crippen LogP contribution in [0.2, 0.25) is 0 Å². The topological polar surface area (TPSA) is 93.6 Å². The number of aromatic nitrogens is 2. The highest BCUT2D eigenvalue weighted by Crippen LogP contribution is 2.19. The fourth-order valence-electron chi connectivity index (χ4n) is 3.15. The van der Waals surface area contributed by atoms with Crippen LogP contribution in [0.3, 0.4) is 0 Å². The van der Waals surface area contributed by atoms with E-state index >= 15 is 0 Å². The molecule has 0 unspecified atom stereocenters. The first-order chi connectivity index (χ1) is 14.0. The number of methoxy groups -OCH3 is 1. The predicted molar refractivity (Wildman–Crippen MR) is 109 cm³/mol. The quantitative estimate of drug-likeness (QED) is 0.748. The highest BCUT2D eigenvalue weighted by atomic mass is 16.5. The molecular formula is C21H26N4O4. The maximum absolute atomic E-state index is 12.2. The van der Waals surface area contributed by atoms with Crippen LogP contribution in [-0.4, -0.2) is 48.7 Å². The molecule has 0 radical (unpaired) electrons. The summed E-state index contributed by atoms with van der Waals surface area (Å²) < 4.78 is 10.3. The van der Waals surface area contributed by atoms with Crippen molar-refractivity contribution >= 4 is 23.5 Å². The van der Waals surface area contributed by atoms with Crippen LogP contribution in [0.5, 0.6) is 5.88 Å². The van der Waals surface area contributed by atoms with E-state index in [-0.39, 0.29) is 12.5 Å². The molecule has 8 heteroatoms. The number of nitrogens with zero attached hydrogens (tertiary/aromatic N) is 3. The highest BCUT2D eigenvalue weighted by Gasteiger charge is 2.15. The Morgan fingerprint density at radius 2 is 1.76 bits per heavy atom. The fourth-order valence-corrected chi connectivity index (χ4v) is 3.15. The summed E-state index contributed by atoms with van der Waals surface area (Å²) in [6.07, 6.45) is 4.72. The van der Waals surface area contributed by atoms with Crippen LogP contribution in [-0.2, 0) is 9.53 Å². The van der Waals surface area contributed by atoms with Gasteiger partial charge in [-0.3, -0.25) is 4.79 Å². The summed E-state index contributed by atoms with van der Waals surface area (Å²) in [6.45, 7) is 3.59. The van der Waals surface area contributed by atoms with Crippen LogP contribution < -0.4 is 15.0 Å². The van der Waals surface area contributed by atoms with Gasteiger partial charge < -0.3 is 19.7 Å². The third-order valence-corrected chi connectivity index (χ3v) is 4.65. The molecule has 1 fully saturated rings. The Morgan fingerprint density at radius 3 is 2.41 bits per heavy atom. The molecule has 2 heterocycles. The third-order valence-electron chi connectivity index (χ3n) is 4.65. The molecule has 1 aromatic heterocycles. The van der Waals surface area contributed by atoms with Gasteiger partial charge in [0.15, 0.2) is 6.61 Å². The van der Waals surface area contributed by atoms with E-state index in [2.05, 4.69) is 24.9 Å². The third kappa shape index (κ3) is 5.91. The first kappa shape index (κ1) is 20.6. The number of aryl methyl sites for hydroxylation is 1. The largest absolute Gasteiger partial charge is 0.467 e. The Hall–Kier alpha value is -3.16. The Balaban J connectivity index is 1.57. The van der Waals surface area contributed by atoms with E-state index < -0.39 is 5.97 Å². The van der Waals surface area contributed by atoms with E-state index in [0.29, 0.717) is 23.1 Å². The minimum atomic E-state index is -0.425. The smallest absolute Gasteiger partial charge is 0.337 e. The Kier molecular flexibility index (Phi) is 6.99. The summed E-state index contributed by atoms with van der Waals surface area (Å²) in [6, 6.07) is 8.17. The van der Waals surface area contributed by atoms with Crippen LogP contribution in [0.15, 0.2) is 30.3 Å². The average Bonchev–Trinajstić information content (AvgIpc) is 3.01. The number of anilines is 2. The van der Waals surface area contributed by atoms with E-state index in [1.807, 2.05) is 6.92 Å². The van der Waals surface area contributed by atoms with Gasteiger partial charge in [0.2, 0.25) is 11.8 Å². The molecular weight excluding hydrogens is 372 g/mol. The number of ether oxygens (including phenoxy) is 2. The van der Waals surface area contributed by atoms with E-state index in [0.717, 1.165) is 31.6 Å². The van der Waals surface area contributed by atoms with E-state index in [4.69, 9.17) is 4.74 Å². The van der Waals surface area contributed by atoms with Crippen LogP contribution >= 0.6 is 0 Å². The molecule has 0 saturated carbocycles. The summed E-state index contributed by atoms with van der Waals surface area (Å²) >= 11 is 0. The van der Waals surface area contributed by atoms with Crippen molar-refractivity contribution in [2.75, 3.05) is 37.0 Å². The molecule has 0 spiro atoms. The van der Waals surface area contributed by atoms with Gasteiger partial charge in [-0.05, 0) is 44.0 Å². The maximum Gasteiger partial charge on any atom is 0.337 e. The van der Waals surface area contributed by atoms with Gasteiger partial charge in [0, 0.05) is 30.5 Å². The number of benzene rings is 1. The molecule has 0 atom stereocenters. The first-order valence-electron chi connectivity index (χ1n) is 9.77. The van der Waals surface area contributed by atoms with Crippen molar-refractivity contribution in [2.24, 2.45) is 0 Å². The minimum Gasteiger partial charge on any atom is -0.467 e. The van der Waals surface area contributed by atoms with Crippen molar-refractivity contribution in [3.05, 3.63) is 41.6 Å². The number of rotatable bonds is 6. The van der Waals surface area contributed by atoms with Crippen molar-refractivity contribution < 1.29 is 19.1 Å². The second-order valence-electron chi connectivity index (χ2n) is 6.95. The number of esters is 1. The molecule has 3 rings (SSSR count). The molecule has 1 aliphatic heterocycles. The summed E-state index contributed by atoms with van der Waals surface area (Å²) in [4.78, 5) is 34.8. The molecule has 1 N–H and O–H groups in total. The molecule has 8 nitrogen and oxygen atoms in total. The first-order valence-corrected chi connectivity index (χ1v) is 9.77. The van der Waals surface area contributed by atoms with Crippen molar-refractivity contribution in [2.45, 2.75) is 32.6 Å². The van der Waals surface area contributed by atoms with Gasteiger partial charge in [0.25, 0.3) is 5.91 Å². The predicted octanol–water partition coefficient (Wildman–Crippen LogP) is 2.97. The van der Waals surface area contributed by atoms with E-state index in [1.165, 1.54) is 20.0 Å². The highest BCUT2D eigenvalue weighted by molar-refractivity contribution is 5.93. The number of carbonyl (C=O) groups excluding carboxylic acids is 2. The number of amides is 1. The molecule has 0 aliphatic carbocycles. The lowest BCUT2D eigenvalue weighted by molar-refractivity contribution is -0.118. The van der Waals surface area contributed by atoms with Gasteiger partial charge in [-0.25, -0.2) is 9.78 Å². The molecule has 0 bridgehead atoms. The summed E-state index contributed by atoms with van der Waals surface area (Å²) in [5, 5.41) is 2.73. The summed E-state index contributed by atoms with van der Waals surface area (Å²) in [5.41, 5.74) is 1.78. The summed E-state index contributed by atoms with van der Waals surface area (Å²) in [7, 11) is 1.32. The van der Waals surface area contributed by atoms with Gasteiger partial charge in [-0.1, -0.05) is 12.8 Å². The second kappa shape index (κ2) is 9.86. The van der Waals surface area contributed by atoms with Gasteiger partial charge in [-0.2, -0.15) is 4.98 Å². The lowest BCUT2D eigenvalue weighted by Gasteiger charge is -2.21. The molecule has 1 saturated heterocycles. The van der Waals surface area contributed by atoms with Gasteiger partial charge >= 0.3 is 5.97 Å². The Labute approximate surface area is 170 Å². The second-order valence-corrected chi connectivity index (χ2v) is 6.95. The van der Waals surface area contributed by atoms with Gasteiger partial charge in [0.1, 0.15) is 0 Å². The van der Waals surface area contributed by atoms with Crippen molar-refractivity contribution in [3.63, 3.8) is 0 Å². The molecule has 1 aliphatic rings. The fraction of sp³-hybridized carbons (Fsp3) is 0.429. The number of nitrogens with one attached hydrogen (secondary N) is 1. The van der Waals surface area contributed by atoms with Gasteiger partial charge in [-0.15, -0.1) is 0 Å². The number of carbonyl (C=O) groups is 2. The lowest BCUT2D eigenvalue weighted by atomic mass is 10.2. The SMILES string of the molecule is COC(=O)c1ccc(NC(=O)COc2cc(C)nc(N3CCCCCC3)n2)cc1. The number of hydrogen-bond acceptors (Lipinski definition) is 7. The van der Waals surface area contributed by atoms with Crippen LogP contribution in [0, 0.1) is 6.92 Å². The van der Waals surface area contributed by atoms with Crippen molar-refractivity contribution in [1.29, 1.82) is 0 Å². The maximum atomic E-state index is 12.2. The molecule has 1 amide bonds. The molecule has 29 heavy (non-hydrogen) atoms. The zero-order chi connectivity index (χ0) is 20.6. The summed E-state index contributed by atoms with van der Waals surface area (Å²) in [5.74, 6) is 0.294. The van der Waals surface area contributed by atoms with Crippen LogP contribution in [0.25, 0.3) is 0 Å². The van der Waals surface area contributed by atoms with Crippen LogP contribution in [0.4, 0.5) is 11.6 Å². The zero-order valence-electron chi connectivity index (χ0n) is 16.8. The average molecular weight is 398 g/mol. The number of hydrogen-bond donors (Lipinski definition) is 1. The monoisotopic (exact) mass is 398 g/mol. The Bertz CT molecular complexity index is 846. The van der Waals surface area contributed by atoms with Crippen LogP contribution in [0.1, 0.15) is 41.7 Å². The van der Waals surface area contributed by atoms with E-state index in [9.17, 15) is 9.59 Å². The lowest BCUT2D eigenvalue weighted by Crippen LogP contribution is -2.26. The minimum absolute atomic E-state index is 0.172. The van der Waals surface area contributed by atoms with Crippen molar-refractivity contribution in [1.82, 2.24) is 9.97 Å². The zero-order valence-corrected chi connectivity index (χ0v) is 16.8. The van der Waals surface area contributed by atoms with Crippen molar-refractivity contribution in [3.8, 4) is 5.88 Å². The Morgan fingerprint density at radius 1 is 1.07 bits per heavy atom. The van der Waals surface area contributed by atoms with E-state index in [1.54, 1.807) is 30.3 Å². The molecule has 1 aromatic carbocycles. The normalized spacial score (nSPS) is 14.1. The molecule has 154 valence electrons. The standard InChI is InChI=1S/C21H26N4O4/c1-15-13-19(24-21(22-15)25-11-5-3-4-6-12-25)29-14-18(26)23-17-9-7-16(8-10-17)20(27)28-2/h7-10,13H,3-6,11-12,14H2,1-2H3,(H,23,26).